The molecule has 1 aliphatic rings. The molecule has 0 aliphatic carbocycles. The van der Waals surface area contributed by atoms with Crippen molar-refractivity contribution in [1.82, 2.24) is 10.9 Å². The van der Waals surface area contributed by atoms with Crippen LogP contribution in [0.2, 0.25) is 0 Å². The number of nitrogens with two attached hydrogens (primary N) is 1. The standard InChI is InChI=1S/C10H17N3O2S/c1-6(12-13-9(11)16)4-7-5-10(2,3)15-8(7)14/h4,7,12H,5H2,1-3H3,(H3,11,13,16). The number of cyclic esters (lactones) is 1. The molecule has 1 aliphatic heterocycles. The molecular weight excluding hydrogens is 226 g/mol. The molecule has 0 radical (unpaired) electrons. The summed E-state index contributed by atoms with van der Waals surface area (Å²) in [5, 5.41) is 0.155. The number of rotatable bonds is 3. The Morgan fingerprint density at radius 1 is 1.62 bits per heavy atom. The van der Waals surface area contributed by atoms with Gasteiger partial charge < -0.3 is 15.9 Å². The smallest absolute Gasteiger partial charge is 0.313 e. The SMILES string of the molecule is CC(=CC1CC(C)(C)OC1=O)NNC(N)=S. The third-order valence-corrected chi connectivity index (χ3v) is 2.33. The third kappa shape index (κ3) is 3.69. The highest BCUT2D eigenvalue weighted by molar-refractivity contribution is 7.80. The predicted octanol–water partition coefficient (Wildman–Crippen LogP) is 0.570. The minimum Gasteiger partial charge on any atom is -0.459 e. The zero-order valence-electron chi connectivity index (χ0n) is 9.66. The van der Waals surface area contributed by atoms with Crippen LogP contribution in [0.1, 0.15) is 27.2 Å². The van der Waals surface area contributed by atoms with E-state index < -0.39 is 0 Å². The van der Waals surface area contributed by atoms with Gasteiger partial charge in [0.2, 0.25) is 0 Å². The van der Waals surface area contributed by atoms with Gasteiger partial charge in [0.25, 0.3) is 0 Å². The Kier molecular flexibility index (Phi) is 3.74. The van der Waals surface area contributed by atoms with E-state index in [4.69, 9.17) is 10.5 Å². The van der Waals surface area contributed by atoms with E-state index in [0.29, 0.717) is 6.42 Å². The zero-order valence-corrected chi connectivity index (χ0v) is 10.5. The van der Waals surface area contributed by atoms with Crippen LogP contribution in [0.25, 0.3) is 0 Å². The van der Waals surface area contributed by atoms with E-state index >= 15 is 0 Å². The van der Waals surface area contributed by atoms with Crippen molar-refractivity contribution in [2.24, 2.45) is 11.7 Å². The lowest BCUT2D eigenvalue weighted by atomic mass is 9.97. The molecule has 1 atom stereocenters. The van der Waals surface area contributed by atoms with Crippen LogP contribution in [-0.2, 0) is 9.53 Å². The highest BCUT2D eigenvalue weighted by Gasteiger charge is 2.38. The Labute approximate surface area is 100 Å². The Bertz CT molecular complexity index is 339. The lowest BCUT2D eigenvalue weighted by Crippen LogP contribution is -2.39. The average Bonchev–Trinajstić information content (AvgIpc) is 2.36. The van der Waals surface area contributed by atoms with Crippen molar-refractivity contribution < 1.29 is 9.53 Å². The van der Waals surface area contributed by atoms with E-state index in [2.05, 4.69) is 23.1 Å². The summed E-state index contributed by atoms with van der Waals surface area (Å²) < 4.78 is 5.21. The minimum atomic E-state index is -0.380. The fraction of sp³-hybridized carbons (Fsp3) is 0.600. The first kappa shape index (κ1) is 12.8. The molecule has 4 N–H and O–H groups in total. The molecule has 1 rings (SSSR count). The molecule has 0 aromatic heterocycles. The first-order chi connectivity index (χ1) is 7.30. The van der Waals surface area contributed by atoms with Gasteiger partial charge in [-0.3, -0.25) is 10.2 Å². The number of carbonyl (C=O) groups is 1. The lowest BCUT2D eigenvalue weighted by molar-refractivity contribution is -0.147. The van der Waals surface area contributed by atoms with E-state index in [0.717, 1.165) is 5.70 Å². The van der Waals surface area contributed by atoms with Gasteiger partial charge in [0, 0.05) is 12.1 Å². The summed E-state index contributed by atoms with van der Waals surface area (Å²) >= 11 is 4.64. The van der Waals surface area contributed by atoms with Crippen molar-refractivity contribution in [3.8, 4) is 0 Å². The number of hydrogen-bond donors (Lipinski definition) is 3. The van der Waals surface area contributed by atoms with E-state index in [1.54, 1.807) is 0 Å². The molecule has 0 bridgehead atoms. The molecule has 0 aromatic rings. The fourth-order valence-corrected chi connectivity index (χ4v) is 1.68. The zero-order chi connectivity index (χ0) is 12.3. The maximum atomic E-state index is 11.5. The number of thiocarbonyl (C=S) groups is 1. The summed E-state index contributed by atoms with van der Waals surface area (Å²) in [6.45, 7) is 5.62. The molecule has 90 valence electrons. The van der Waals surface area contributed by atoms with E-state index in [1.807, 2.05) is 26.8 Å². The Balaban J connectivity index is 2.56. The largest absolute Gasteiger partial charge is 0.459 e. The molecule has 6 heteroatoms. The van der Waals surface area contributed by atoms with Crippen LogP contribution in [0, 0.1) is 5.92 Å². The Hall–Kier alpha value is -1.30. The van der Waals surface area contributed by atoms with Crippen molar-refractivity contribution in [3.63, 3.8) is 0 Å². The van der Waals surface area contributed by atoms with Gasteiger partial charge in [-0.15, -0.1) is 0 Å². The fourth-order valence-electron chi connectivity index (χ4n) is 1.63. The third-order valence-electron chi connectivity index (χ3n) is 2.23. The van der Waals surface area contributed by atoms with Crippen molar-refractivity contribution >= 4 is 23.3 Å². The second-order valence-electron chi connectivity index (χ2n) is 4.46. The molecule has 0 aromatic carbocycles. The summed E-state index contributed by atoms with van der Waals surface area (Å²) in [7, 11) is 0. The number of ether oxygens (including phenoxy) is 1. The van der Waals surface area contributed by atoms with Crippen molar-refractivity contribution in [2.75, 3.05) is 0 Å². The summed E-state index contributed by atoms with van der Waals surface area (Å²) in [5.74, 6) is -0.405. The average molecular weight is 243 g/mol. The van der Waals surface area contributed by atoms with Crippen LogP contribution in [-0.4, -0.2) is 16.7 Å². The number of nitrogens with one attached hydrogen (secondary N) is 2. The van der Waals surface area contributed by atoms with Crippen molar-refractivity contribution in [3.05, 3.63) is 11.8 Å². The van der Waals surface area contributed by atoms with E-state index in [-0.39, 0.29) is 22.6 Å². The summed E-state index contributed by atoms with van der Waals surface area (Å²) in [5.41, 5.74) is 11.1. The molecular formula is C10H17N3O2S. The number of hydrogen-bond acceptors (Lipinski definition) is 4. The quantitative estimate of drug-likeness (QED) is 0.382. The lowest BCUT2D eigenvalue weighted by Gasteiger charge is -2.14. The molecule has 16 heavy (non-hydrogen) atoms. The summed E-state index contributed by atoms with van der Waals surface area (Å²) in [4.78, 5) is 11.5. The van der Waals surface area contributed by atoms with Gasteiger partial charge in [0.05, 0.1) is 5.92 Å². The number of hydrazine groups is 1. The van der Waals surface area contributed by atoms with E-state index in [1.165, 1.54) is 0 Å². The van der Waals surface area contributed by atoms with Gasteiger partial charge in [-0.2, -0.15) is 0 Å². The Morgan fingerprint density at radius 3 is 2.69 bits per heavy atom. The topological polar surface area (TPSA) is 76.4 Å². The monoisotopic (exact) mass is 243 g/mol. The maximum absolute atomic E-state index is 11.5. The molecule has 1 heterocycles. The molecule has 1 fully saturated rings. The van der Waals surface area contributed by atoms with Crippen LogP contribution in [0.4, 0.5) is 0 Å². The second kappa shape index (κ2) is 4.69. The molecule has 5 nitrogen and oxygen atoms in total. The van der Waals surface area contributed by atoms with Crippen LogP contribution in [0.15, 0.2) is 11.8 Å². The first-order valence-corrected chi connectivity index (χ1v) is 5.44. The number of allylic oxidation sites excluding steroid dienone is 1. The van der Waals surface area contributed by atoms with Crippen LogP contribution in [0.5, 0.6) is 0 Å². The van der Waals surface area contributed by atoms with Gasteiger partial charge in [-0.25, -0.2) is 0 Å². The van der Waals surface area contributed by atoms with Gasteiger partial charge in [0.1, 0.15) is 5.60 Å². The second-order valence-corrected chi connectivity index (χ2v) is 4.90. The first-order valence-electron chi connectivity index (χ1n) is 5.03. The normalized spacial score (nSPS) is 23.8. The maximum Gasteiger partial charge on any atom is 0.313 e. The number of carbonyl (C=O) groups excluding carboxylic acids is 1. The molecule has 0 amide bonds. The molecule has 1 unspecified atom stereocenters. The highest BCUT2D eigenvalue weighted by Crippen LogP contribution is 2.31. The van der Waals surface area contributed by atoms with Gasteiger partial charge in [-0.1, -0.05) is 0 Å². The van der Waals surface area contributed by atoms with E-state index in [9.17, 15) is 4.79 Å². The van der Waals surface area contributed by atoms with Gasteiger partial charge in [-0.05, 0) is 39.1 Å². The van der Waals surface area contributed by atoms with Crippen molar-refractivity contribution in [2.45, 2.75) is 32.8 Å². The minimum absolute atomic E-state index is 0.155. The predicted molar refractivity (Wildman–Crippen MR) is 65.1 cm³/mol. The summed E-state index contributed by atoms with van der Waals surface area (Å²) in [6.07, 6.45) is 2.49. The highest BCUT2D eigenvalue weighted by atomic mass is 32.1. The van der Waals surface area contributed by atoms with Crippen LogP contribution < -0.4 is 16.6 Å². The summed E-state index contributed by atoms with van der Waals surface area (Å²) in [6, 6.07) is 0. The van der Waals surface area contributed by atoms with Gasteiger partial charge >= 0.3 is 5.97 Å². The molecule has 0 spiro atoms. The number of esters is 1. The van der Waals surface area contributed by atoms with Crippen molar-refractivity contribution in [1.29, 1.82) is 0 Å². The molecule has 1 saturated heterocycles. The van der Waals surface area contributed by atoms with Crippen LogP contribution in [0.3, 0.4) is 0 Å². The Morgan fingerprint density at radius 2 is 2.25 bits per heavy atom. The molecule has 0 saturated carbocycles. The van der Waals surface area contributed by atoms with Crippen LogP contribution >= 0.6 is 12.2 Å². The van der Waals surface area contributed by atoms with Gasteiger partial charge in [0.15, 0.2) is 5.11 Å².